The third kappa shape index (κ3) is 13.0. The molecule has 1 aromatic rings. The molecule has 1 amide bonds. The molecule has 1 heterocycles. The third-order valence-electron chi connectivity index (χ3n) is 6.28. The second-order valence-electron chi connectivity index (χ2n) is 8.68. The van der Waals surface area contributed by atoms with Crippen LogP contribution in [0.3, 0.4) is 0 Å². The van der Waals surface area contributed by atoms with Crippen molar-refractivity contribution in [1.82, 2.24) is 16.0 Å². The van der Waals surface area contributed by atoms with Gasteiger partial charge in [0.25, 0.3) is 0 Å². The zero-order valence-corrected chi connectivity index (χ0v) is 26.2. The Balaban J connectivity index is 0. The van der Waals surface area contributed by atoms with E-state index < -0.39 is 29.4 Å². The molecule has 0 spiro atoms. The lowest BCUT2D eigenvalue weighted by atomic mass is 9.89. The number of rotatable bonds is 8. The van der Waals surface area contributed by atoms with Crippen LogP contribution in [-0.4, -0.2) is 68.9 Å². The molecule has 1 unspecified atom stereocenters. The van der Waals surface area contributed by atoms with E-state index in [1.54, 1.807) is 31.3 Å². The summed E-state index contributed by atoms with van der Waals surface area (Å²) < 4.78 is 71.7. The van der Waals surface area contributed by atoms with E-state index in [9.17, 15) is 31.3 Å². The maximum absolute atomic E-state index is 13.7. The van der Waals surface area contributed by atoms with Crippen LogP contribution in [0.15, 0.2) is 52.8 Å². The molecule has 6 nitrogen and oxygen atoms in total. The molecule has 0 bridgehead atoms. The Bertz CT molecular complexity index is 985. The second-order valence-corrected chi connectivity index (χ2v) is 9.91. The van der Waals surface area contributed by atoms with Gasteiger partial charge in [0.15, 0.2) is 0 Å². The Morgan fingerprint density at radius 1 is 1.14 bits per heavy atom. The van der Waals surface area contributed by atoms with Gasteiger partial charge in [-0.15, -0.1) is 8.96 Å². The summed E-state index contributed by atoms with van der Waals surface area (Å²) in [6, 6.07) is 6.65. The minimum Gasteiger partial charge on any atom is -0.363 e. The number of thioether (sulfide) groups is 1. The van der Waals surface area contributed by atoms with E-state index in [1.807, 2.05) is 25.6 Å². The van der Waals surface area contributed by atoms with Crippen molar-refractivity contribution in [2.24, 2.45) is 10.9 Å². The van der Waals surface area contributed by atoms with E-state index in [-0.39, 0.29) is 18.0 Å². The Labute approximate surface area is 250 Å². The Kier molecular flexibility index (Phi) is 23.4. The van der Waals surface area contributed by atoms with Gasteiger partial charge in [0.05, 0.1) is 14.4 Å². The fraction of sp³-hybridized carbons (Fsp3) is 0.552. The zero-order valence-electron chi connectivity index (χ0n) is 25.4. The van der Waals surface area contributed by atoms with Gasteiger partial charge in [-0.25, -0.2) is 4.39 Å². The zero-order chi connectivity index (χ0) is 32.7. The lowest BCUT2D eigenvalue weighted by Gasteiger charge is -2.28. The summed E-state index contributed by atoms with van der Waals surface area (Å²) in [6.07, 6.45) is 5.60. The molecule has 0 saturated carbocycles. The monoisotopic (exact) mass is 625 g/mol. The standard InChI is InChI=1S/C18H20F4N4.C7H13NOS.C2H6.2CH3F/c1-18(26(21)22)9-14(13-5-3-12(10-19)4-6-13)15(11-24-2)17(18)25-8-7-16(20)23;1-8-7(9)6-2-4-10-5-3-6;3*1-2/h3-8,11,14,23,25H,9-10H2,1-2H3;6H,2-5H2,1H3,(H,8,9);1-2H3;2*1H3/b8-7-,23-16?,24-11?;;;;/t14?,18-;;;;/m0..../s1. The fourth-order valence-corrected chi connectivity index (χ4v) is 5.39. The average molecular weight is 626 g/mol. The highest BCUT2D eigenvalue weighted by atomic mass is 32.2. The molecule has 1 fully saturated rings. The number of carbonyl (C=O) groups excluding carboxylic acids is 1. The molecule has 13 heteroatoms. The van der Waals surface area contributed by atoms with Crippen molar-refractivity contribution < 1.29 is 31.3 Å². The van der Waals surface area contributed by atoms with Gasteiger partial charge in [-0.1, -0.05) is 38.1 Å². The highest BCUT2D eigenvalue weighted by Crippen LogP contribution is 2.47. The lowest BCUT2D eigenvalue weighted by molar-refractivity contribution is -0.215. The molecular weight excluding hydrogens is 580 g/mol. The number of hydrogen-bond acceptors (Lipinski definition) is 6. The molecule has 42 heavy (non-hydrogen) atoms. The summed E-state index contributed by atoms with van der Waals surface area (Å²) >= 11 is 1.95. The highest BCUT2D eigenvalue weighted by molar-refractivity contribution is 7.99. The number of alkyl halides is 3. The van der Waals surface area contributed by atoms with Crippen molar-refractivity contribution in [1.29, 1.82) is 5.41 Å². The normalized spacial score (nSPS) is 19.9. The summed E-state index contributed by atoms with van der Waals surface area (Å²) in [6.45, 7) is 4.76. The largest absolute Gasteiger partial charge is 0.363 e. The first kappa shape index (κ1) is 41.3. The minimum atomic E-state index is -1.65. The first-order valence-corrected chi connectivity index (χ1v) is 14.5. The van der Waals surface area contributed by atoms with Crippen molar-refractivity contribution in [3.8, 4) is 0 Å². The van der Waals surface area contributed by atoms with E-state index >= 15 is 0 Å². The number of nitrogens with one attached hydrogen (secondary N) is 3. The van der Waals surface area contributed by atoms with Gasteiger partial charge >= 0.3 is 0 Å². The molecular formula is C29H45F6N5OS. The van der Waals surface area contributed by atoms with Crippen LogP contribution >= 0.6 is 11.8 Å². The summed E-state index contributed by atoms with van der Waals surface area (Å²) in [5, 5.41) is 11.3. The number of allylic oxidation sites excluding steroid dienone is 2. The van der Waals surface area contributed by atoms with E-state index in [0.29, 0.717) is 31.4 Å². The summed E-state index contributed by atoms with van der Waals surface area (Å²) in [5.74, 6) is 1.23. The van der Waals surface area contributed by atoms with Crippen LogP contribution in [0.2, 0.25) is 0 Å². The number of amides is 1. The first-order valence-electron chi connectivity index (χ1n) is 13.3. The molecule has 2 atom stereocenters. The quantitative estimate of drug-likeness (QED) is 0.158. The maximum Gasteiger partial charge on any atom is 0.222 e. The molecule has 1 aliphatic heterocycles. The van der Waals surface area contributed by atoms with Gasteiger partial charge in [0.1, 0.15) is 12.2 Å². The average Bonchev–Trinajstić information content (AvgIpc) is 3.32. The Morgan fingerprint density at radius 3 is 2.12 bits per heavy atom. The number of hydrogen-bond donors (Lipinski definition) is 3. The summed E-state index contributed by atoms with van der Waals surface area (Å²) in [5.41, 5.74) is 0.306. The summed E-state index contributed by atoms with van der Waals surface area (Å²) in [4.78, 5) is 15.0. The fourth-order valence-electron chi connectivity index (χ4n) is 4.28. The predicted molar refractivity (Wildman–Crippen MR) is 163 cm³/mol. The van der Waals surface area contributed by atoms with Crippen LogP contribution in [0, 0.1) is 11.3 Å². The van der Waals surface area contributed by atoms with Gasteiger partial charge in [-0.3, -0.25) is 24.0 Å². The van der Waals surface area contributed by atoms with E-state index in [2.05, 4.69) is 15.6 Å². The lowest BCUT2D eigenvalue weighted by Crippen LogP contribution is -2.40. The Hall–Kier alpha value is -2.80. The number of aliphatic imine (C=N–C) groups is 1. The van der Waals surface area contributed by atoms with Gasteiger partial charge in [0.2, 0.25) is 11.9 Å². The molecule has 3 rings (SSSR count). The van der Waals surface area contributed by atoms with Crippen LogP contribution in [0.1, 0.15) is 57.1 Å². The van der Waals surface area contributed by atoms with Crippen LogP contribution in [0.5, 0.6) is 0 Å². The summed E-state index contributed by atoms with van der Waals surface area (Å²) in [7, 11) is 4.24. The topological polar surface area (TPSA) is 80.6 Å². The predicted octanol–water partition coefficient (Wildman–Crippen LogP) is 7.55. The molecule has 240 valence electrons. The molecule has 3 N–H and O–H groups in total. The molecule has 1 aliphatic carbocycles. The van der Waals surface area contributed by atoms with Crippen molar-refractivity contribution in [3.63, 3.8) is 0 Å². The van der Waals surface area contributed by atoms with Crippen LogP contribution in [0.25, 0.3) is 0 Å². The Morgan fingerprint density at radius 2 is 1.69 bits per heavy atom. The van der Waals surface area contributed by atoms with Gasteiger partial charge < -0.3 is 10.6 Å². The van der Waals surface area contributed by atoms with Crippen LogP contribution in [-0.2, 0) is 11.5 Å². The molecule has 0 aromatic heterocycles. The van der Waals surface area contributed by atoms with Crippen molar-refractivity contribution in [2.75, 3.05) is 40.0 Å². The molecule has 0 radical (unpaired) electrons. The third-order valence-corrected chi connectivity index (χ3v) is 7.33. The number of nitrogens with zero attached hydrogens (tertiary/aromatic N) is 2. The van der Waals surface area contributed by atoms with Crippen molar-refractivity contribution in [2.45, 2.75) is 58.2 Å². The van der Waals surface area contributed by atoms with Gasteiger partial charge in [-0.2, -0.15) is 16.2 Å². The van der Waals surface area contributed by atoms with Crippen LogP contribution < -0.4 is 10.6 Å². The highest BCUT2D eigenvalue weighted by Gasteiger charge is 2.48. The number of halogens is 6. The van der Waals surface area contributed by atoms with Gasteiger partial charge in [0, 0.05) is 55.5 Å². The first-order chi connectivity index (χ1) is 20.2. The van der Waals surface area contributed by atoms with Crippen molar-refractivity contribution in [3.05, 3.63) is 58.9 Å². The number of carbonyl (C=O) groups is 1. The van der Waals surface area contributed by atoms with Crippen LogP contribution in [0.4, 0.5) is 26.5 Å². The second kappa shape index (κ2) is 23.7. The molecule has 1 aromatic carbocycles. The molecule has 1 saturated heterocycles. The van der Waals surface area contributed by atoms with E-state index in [1.165, 1.54) is 20.2 Å². The number of benzene rings is 1. The van der Waals surface area contributed by atoms with Crippen molar-refractivity contribution >= 4 is 29.8 Å². The van der Waals surface area contributed by atoms with E-state index in [4.69, 9.17) is 5.41 Å². The smallest absolute Gasteiger partial charge is 0.222 e. The maximum atomic E-state index is 13.7. The van der Waals surface area contributed by atoms with E-state index in [0.717, 1.165) is 42.2 Å². The minimum absolute atomic E-state index is 0.0551. The molecule has 2 aliphatic rings. The van der Waals surface area contributed by atoms with Gasteiger partial charge in [-0.05, 0) is 54.4 Å². The SMILES string of the molecule is CC.CF.CF.CN=CC1=C(N/C=C\C(=N)F)[C@@](C)(N(F)F)CC1c1ccc(CF)cc1.CNC(=O)C1CCSCC1.